The number of carbonyl (C=O) groups is 1. The first-order chi connectivity index (χ1) is 11.5. The maximum Gasteiger partial charge on any atom is 0.251 e. The number of ether oxygens (including phenoxy) is 2. The molecule has 4 heteroatoms. The summed E-state index contributed by atoms with van der Waals surface area (Å²) >= 11 is 0. The molecule has 0 spiro atoms. The Morgan fingerprint density at radius 2 is 1.54 bits per heavy atom. The third-order valence-electron chi connectivity index (χ3n) is 3.53. The van der Waals surface area contributed by atoms with Crippen LogP contribution in [0.1, 0.15) is 49.7 Å². The number of carbonyl (C=O) groups excluding carboxylic acids is 1. The minimum Gasteiger partial charge on any atom is -0.494 e. The van der Waals surface area contributed by atoms with Crippen LogP contribution >= 0.6 is 0 Å². The lowest BCUT2D eigenvalue weighted by molar-refractivity contribution is 0.0940. The van der Waals surface area contributed by atoms with Crippen LogP contribution < -0.4 is 14.8 Å². The molecule has 2 aromatic rings. The van der Waals surface area contributed by atoms with Gasteiger partial charge in [0.2, 0.25) is 0 Å². The Hall–Kier alpha value is -2.49. The van der Waals surface area contributed by atoms with Gasteiger partial charge in [0.05, 0.1) is 18.8 Å². The highest BCUT2D eigenvalue weighted by Gasteiger charge is 2.12. The standard InChI is InChI=1S/C20H25NO3/c1-5-23-18-10-6-16(7-11-18)15(4)21-20(22)17-8-12-19(13-9-17)24-14(2)3/h6-15H,5H2,1-4H3,(H,21,22)/t15-/m1/s1. The van der Waals surface area contributed by atoms with Gasteiger partial charge < -0.3 is 14.8 Å². The molecule has 0 fully saturated rings. The molecule has 4 nitrogen and oxygen atoms in total. The molecule has 0 saturated heterocycles. The Balaban J connectivity index is 1.97. The first-order valence-electron chi connectivity index (χ1n) is 8.30. The lowest BCUT2D eigenvalue weighted by Gasteiger charge is -2.15. The number of hydrogen-bond acceptors (Lipinski definition) is 3. The number of hydrogen-bond donors (Lipinski definition) is 1. The monoisotopic (exact) mass is 327 g/mol. The van der Waals surface area contributed by atoms with Crippen LogP contribution in [0.2, 0.25) is 0 Å². The van der Waals surface area contributed by atoms with E-state index in [1.807, 2.05) is 64.1 Å². The molecule has 0 heterocycles. The molecule has 0 saturated carbocycles. The summed E-state index contributed by atoms with van der Waals surface area (Å²) in [5, 5.41) is 3.00. The molecule has 0 aliphatic rings. The minimum atomic E-state index is -0.104. The van der Waals surface area contributed by atoms with E-state index in [-0.39, 0.29) is 18.1 Å². The van der Waals surface area contributed by atoms with Gasteiger partial charge in [-0.2, -0.15) is 0 Å². The summed E-state index contributed by atoms with van der Waals surface area (Å²) < 4.78 is 11.0. The van der Waals surface area contributed by atoms with Gasteiger partial charge in [-0.1, -0.05) is 12.1 Å². The lowest BCUT2D eigenvalue weighted by atomic mass is 10.1. The van der Waals surface area contributed by atoms with Crippen molar-refractivity contribution in [2.24, 2.45) is 0 Å². The molecule has 0 aliphatic carbocycles. The zero-order chi connectivity index (χ0) is 17.5. The SMILES string of the molecule is CCOc1ccc([C@@H](C)NC(=O)c2ccc(OC(C)C)cc2)cc1. The topological polar surface area (TPSA) is 47.6 Å². The first kappa shape index (κ1) is 17.9. The predicted molar refractivity (Wildman–Crippen MR) is 95.7 cm³/mol. The van der Waals surface area contributed by atoms with E-state index in [4.69, 9.17) is 9.47 Å². The van der Waals surface area contributed by atoms with Crippen LogP contribution in [0.15, 0.2) is 48.5 Å². The van der Waals surface area contributed by atoms with Gasteiger partial charge in [-0.3, -0.25) is 4.79 Å². The van der Waals surface area contributed by atoms with E-state index in [2.05, 4.69) is 5.32 Å². The van der Waals surface area contributed by atoms with Crippen molar-refractivity contribution in [2.45, 2.75) is 39.8 Å². The van der Waals surface area contributed by atoms with Gasteiger partial charge in [0.1, 0.15) is 11.5 Å². The second-order valence-corrected chi connectivity index (χ2v) is 5.89. The Bertz CT molecular complexity index is 648. The normalized spacial score (nSPS) is 11.9. The molecule has 0 aromatic heterocycles. The lowest BCUT2D eigenvalue weighted by Crippen LogP contribution is -2.26. The summed E-state index contributed by atoms with van der Waals surface area (Å²) in [5.41, 5.74) is 1.65. The molecule has 0 unspecified atom stereocenters. The average molecular weight is 327 g/mol. The number of benzene rings is 2. The third kappa shape index (κ3) is 5.01. The van der Waals surface area contributed by atoms with Crippen molar-refractivity contribution < 1.29 is 14.3 Å². The molecule has 0 aliphatic heterocycles. The van der Waals surface area contributed by atoms with Crippen molar-refractivity contribution >= 4 is 5.91 Å². The molecule has 24 heavy (non-hydrogen) atoms. The quantitative estimate of drug-likeness (QED) is 0.822. The Morgan fingerprint density at radius 3 is 2.08 bits per heavy atom. The summed E-state index contributed by atoms with van der Waals surface area (Å²) in [4.78, 5) is 12.4. The molecule has 0 bridgehead atoms. The van der Waals surface area contributed by atoms with Crippen molar-refractivity contribution in [3.05, 3.63) is 59.7 Å². The van der Waals surface area contributed by atoms with Gasteiger partial charge in [-0.15, -0.1) is 0 Å². The Kier molecular flexibility index (Phi) is 6.24. The highest BCUT2D eigenvalue weighted by molar-refractivity contribution is 5.94. The van der Waals surface area contributed by atoms with E-state index in [1.165, 1.54) is 0 Å². The first-order valence-corrected chi connectivity index (χ1v) is 8.30. The van der Waals surface area contributed by atoms with Gasteiger partial charge >= 0.3 is 0 Å². The second-order valence-electron chi connectivity index (χ2n) is 5.89. The van der Waals surface area contributed by atoms with Gasteiger partial charge in [-0.25, -0.2) is 0 Å². The molecule has 2 rings (SSSR count). The van der Waals surface area contributed by atoms with Crippen molar-refractivity contribution in [1.29, 1.82) is 0 Å². The summed E-state index contributed by atoms with van der Waals surface area (Å²) in [6, 6.07) is 14.9. The Labute approximate surface area is 143 Å². The maximum absolute atomic E-state index is 12.4. The van der Waals surface area contributed by atoms with Crippen LogP contribution in [-0.4, -0.2) is 18.6 Å². The summed E-state index contributed by atoms with van der Waals surface area (Å²) in [6.45, 7) is 8.50. The fourth-order valence-corrected chi connectivity index (χ4v) is 2.34. The maximum atomic E-state index is 12.4. The average Bonchev–Trinajstić information content (AvgIpc) is 2.56. The van der Waals surface area contributed by atoms with Crippen molar-refractivity contribution in [3.63, 3.8) is 0 Å². The zero-order valence-electron chi connectivity index (χ0n) is 14.7. The van der Waals surface area contributed by atoms with Crippen molar-refractivity contribution in [2.75, 3.05) is 6.61 Å². The molecular weight excluding hydrogens is 302 g/mol. The van der Waals surface area contributed by atoms with Gasteiger partial charge in [0.25, 0.3) is 5.91 Å². The Morgan fingerprint density at radius 1 is 0.958 bits per heavy atom. The van der Waals surface area contributed by atoms with E-state index < -0.39 is 0 Å². The van der Waals surface area contributed by atoms with Crippen LogP contribution in [0, 0.1) is 0 Å². The fourth-order valence-electron chi connectivity index (χ4n) is 2.34. The second kappa shape index (κ2) is 8.39. The molecule has 1 amide bonds. The minimum absolute atomic E-state index is 0.0835. The summed E-state index contributed by atoms with van der Waals surface area (Å²) in [7, 11) is 0. The van der Waals surface area contributed by atoms with Gasteiger partial charge in [0, 0.05) is 5.56 Å². The predicted octanol–water partition coefficient (Wildman–Crippen LogP) is 4.36. The molecule has 1 N–H and O–H groups in total. The smallest absolute Gasteiger partial charge is 0.251 e. The number of nitrogens with one attached hydrogen (secondary N) is 1. The largest absolute Gasteiger partial charge is 0.494 e. The summed E-state index contributed by atoms with van der Waals surface area (Å²) in [5.74, 6) is 1.49. The van der Waals surface area contributed by atoms with E-state index in [0.717, 1.165) is 17.1 Å². The van der Waals surface area contributed by atoms with Crippen LogP contribution in [0.3, 0.4) is 0 Å². The fraction of sp³-hybridized carbons (Fsp3) is 0.350. The zero-order valence-corrected chi connectivity index (χ0v) is 14.7. The van der Waals surface area contributed by atoms with E-state index in [1.54, 1.807) is 12.1 Å². The molecule has 128 valence electrons. The van der Waals surface area contributed by atoms with Crippen molar-refractivity contribution in [3.8, 4) is 11.5 Å². The molecule has 0 radical (unpaired) electrons. The number of amides is 1. The van der Waals surface area contributed by atoms with E-state index >= 15 is 0 Å². The van der Waals surface area contributed by atoms with Crippen LogP contribution in [0.25, 0.3) is 0 Å². The highest BCUT2D eigenvalue weighted by atomic mass is 16.5. The number of rotatable bonds is 7. The van der Waals surface area contributed by atoms with Crippen molar-refractivity contribution in [1.82, 2.24) is 5.32 Å². The van der Waals surface area contributed by atoms with Crippen LogP contribution in [0.5, 0.6) is 11.5 Å². The molecular formula is C20H25NO3. The summed E-state index contributed by atoms with van der Waals surface area (Å²) in [6.07, 6.45) is 0.115. The van der Waals surface area contributed by atoms with Crippen LogP contribution in [0.4, 0.5) is 0 Å². The highest BCUT2D eigenvalue weighted by Crippen LogP contribution is 2.19. The molecule has 1 atom stereocenters. The van der Waals surface area contributed by atoms with Crippen LogP contribution in [-0.2, 0) is 0 Å². The third-order valence-corrected chi connectivity index (χ3v) is 3.53. The molecule has 2 aromatic carbocycles. The van der Waals surface area contributed by atoms with E-state index in [0.29, 0.717) is 12.2 Å². The van der Waals surface area contributed by atoms with Gasteiger partial charge in [-0.05, 0) is 69.7 Å². The van der Waals surface area contributed by atoms with Gasteiger partial charge in [0.15, 0.2) is 0 Å². The van der Waals surface area contributed by atoms with E-state index in [9.17, 15) is 4.79 Å².